The van der Waals surface area contributed by atoms with E-state index in [0.29, 0.717) is 45.9 Å². The third-order valence-electron chi connectivity index (χ3n) is 7.46. The number of fused-ring (bicyclic) bond motifs is 20. The minimum Gasteiger partial charge on any atom is -0.400 e. The lowest BCUT2D eigenvalue weighted by atomic mass is 10.1. The van der Waals surface area contributed by atoms with E-state index in [1.165, 1.54) is 0 Å². The summed E-state index contributed by atoms with van der Waals surface area (Å²) in [6.07, 6.45) is 0. The van der Waals surface area contributed by atoms with Crippen LogP contribution in [-0.2, 0) is 0 Å². The van der Waals surface area contributed by atoms with E-state index in [4.69, 9.17) is 35.0 Å². The Morgan fingerprint density at radius 2 is 0.595 bits per heavy atom. The third kappa shape index (κ3) is 3.61. The number of aromatic nitrogens is 8. The second kappa shape index (κ2) is 9.39. The van der Waals surface area contributed by atoms with Gasteiger partial charge in [-0.3, -0.25) is 0 Å². The predicted octanol–water partition coefficient (Wildman–Crippen LogP) is 6.48. The summed E-state index contributed by atoms with van der Waals surface area (Å²) in [6, 6.07) is 32.2. The quantitative estimate of drug-likeness (QED) is 0.199. The van der Waals surface area contributed by atoms with Crippen molar-refractivity contribution in [2.24, 2.45) is 0 Å². The van der Waals surface area contributed by atoms with Crippen molar-refractivity contribution in [2.75, 3.05) is 7.11 Å². The Kier molecular flexibility index (Phi) is 5.38. The van der Waals surface area contributed by atoms with Crippen LogP contribution in [0.5, 0.6) is 0 Å². The van der Waals surface area contributed by atoms with E-state index in [1.54, 1.807) is 0 Å². The zero-order valence-electron chi connectivity index (χ0n) is 22.4. The highest BCUT2D eigenvalue weighted by Gasteiger charge is 2.21. The van der Waals surface area contributed by atoms with Crippen LogP contribution in [0.2, 0.25) is 0 Å². The van der Waals surface area contributed by atoms with Crippen molar-refractivity contribution >= 4 is 44.1 Å². The first kappa shape index (κ1) is 24.0. The summed E-state index contributed by atoms with van der Waals surface area (Å²) in [6.45, 7) is 0. The summed E-state index contributed by atoms with van der Waals surface area (Å²) in [7, 11) is 1.00. The molecule has 4 aromatic carbocycles. The highest BCUT2D eigenvalue weighted by Crippen LogP contribution is 2.36. The number of hydrogen-bond donors (Lipinski definition) is 3. The first-order valence-electron chi connectivity index (χ1n) is 13.4. The number of rotatable bonds is 0. The van der Waals surface area contributed by atoms with Gasteiger partial charge in [0.2, 0.25) is 0 Å². The fraction of sp³-hybridized carbons (Fsp3) is 0.0303. The third-order valence-corrected chi connectivity index (χ3v) is 7.46. The minimum atomic E-state index is 0.597. The highest BCUT2D eigenvalue weighted by molar-refractivity contribution is 6.06. The van der Waals surface area contributed by atoms with Gasteiger partial charge < -0.3 is 15.1 Å². The van der Waals surface area contributed by atoms with Gasteiger partial charge in [0.25, 0.3) is 0 Å². The first-order valence-corrected chi connectivity index (χ1v) is 13.4. The Morgan fingerprint density at radius 1 is 0.357 bits per heavy atom. The van der Waals surface area contributed by atoms with Crippen molar-refractivity contribution in [2.45, 2.75) is 0 Å². The normalized spacial score (nSPS) is 11.6. The molecule has 0 saturated heterocycles. The lowest BCUT2D eigenvalue weighted by Gasteiger charge is -1.96. The first-order chi connectivity index (χ1) is 20.8. The number of aliphatic hydroxyl groups excluding tert-OH is 1. The number of aliphatic hydroxyl groups is 1. The molecule has 0 atom stereocenters. The SMILES string of the molecule is CO.c1ccc2c(c1)-c1nc-2nc2[nH]c(nc3nc(nc4[nH]c(n1)c1ccccc41)-c1ccccc1-3)c1ccccc21. The Hall–Kier alpha value is -5.80. The van der Waals surface area contributed by atoms with Crippen LogP contribution in [0.25, 0.3) is 89.7 Å². The molecule has 7 aromatic rings. The van der Waals surface area contributed by atoms with Gasteiger partial charge in [0.15, 0.2) is 23.3 Å². The molecule has 0 aliphatic carbocycles. The molecule has 42 heavy (non-hydrogen) atoms. The Balaban J connectivity index is 0.00000131. The predicted molar refractivity (Wildman–Crippen MR) is 164 cm³/mol. The molecule has 0 fully saturated rings. The molecule has 9 nitrogen and oxygen atoms in total. The van der Waals surface area contributed by atoms with Crippen molar-refractivity contribution in [3.63, 3.8) is 0 Å². The monoisotopic (exact) mass is 546 g/mol. The molecule has 0 radical (unpaired) electrons. The molecule has 2 aliphatic rings. The van der Waals surface area contributed by atoms with Gasteiger partial charge in [0.1, 0.15) is 22.6 Å². The van der Waals surface area contributed by atoms with E-state index < -0.39 is 0 Å². The van der Waals surface area contributed by atoms with Gasteiger partial charge in [0.05, 0.1) is 0 Å². The smallest absolute Gasteiger partial charge is 0.164 e. The average Bonchev–Trinajstić information content (AvgIpc) is 3.78. The van der Waals surface area contributed by atoms with E-state index in [9.17, 15) is 0 Å². The van der Waals surface area contributed by atoms with Gasteiger partial charge >= 0.3 is 0 Å². The zero-order valence-corrected chi connectivity index (χ0v) is 22.4. The molecule has 0 spiro atoms. The van der Waals surface area contributed by atoms with Crippen molar-refractivity contribution in [1.82, 2.24) is 39.9 Å². The van der Waals surface area contributed by atoms with E-state index >= 15 is 0 Å². The van der Waals surface area contributed by atoms with Gasteiger partial charge in [-0.15, -0.1) is 0 Å². The molecule has 3 aromatic heterocycles. The van der Waals surface area contributed by atoms with Crippen LogP contribution < -0.4 is 0 Å². The molecular formula is C33H22N8O. The molecule has 5 heterocycles. The van der Waals surface area contributed by atoms with Crippen LogP contribution in [0.1, 0.15) is 0 Å². The molecule has 3 N–H and O–H groups in total. The summed E-state index contributed by atoms with van der Waals surface area (Å²) >= 11 is 0. The fourth-order valence-corrected chi connectivity index (χ4v) is 5.59. The average molecular weight is 547 g/mol. The molecule has 9 heteroatoms. The molecule has 200 valence electrons. The van der Waals surface area contributed by atoms with Crippen LogP contribution in [0.3, 0.4) is 0 Å². The zero-order chi connectivity index (χ0) is 28.2. The summed E-state index contributed by atoms with van der Waals surface area (Å²) in [5, 5.41) is 10.8. The number of nitrogens with zero attached hydrogens (tertiary/aromatic N) is 6. The van der Waals surface area contributed by atoms with E-state index in [0.717, 1.165) is 50.9 Å². The van der Waals surface area contributed by atoms with Crippen LogP contribution in [0, 0.1) is 0 Å². The summed E-state index contributed by atoms with van der Waals surface area (Å²) in [5.74, 6) is 2.39. The van der Waals surface area contributed by atoms with Crippen LogP contribution in [0.15, 0.2) is 97.1 Å². The fourth-order valence-electron chi connectivity index (χ4n) is 5.59. The summed E-state index contributed by atoms with van der Waals surface area (Å²) in [4.78, 5) is 36.8. The lowest BCUT2D eigenvalue weighted by molar-refractivity contribution is 0.399. The second-order valence-corrected chi connectivity index (χ2v) is 9.79. The van der Waals surface area contributed by atoms with Gasteiger partial charge in [0, 0.05) is 50.9 Å². The molecule has 0 amide bonds. The molecule has 0 unspecified atom stereocenters. The Bertz CT molecular complexity index is 2030. The van der Waals surface area contributed by atoms with E-state index in [1.807, 2.05) is 97.1 Å². The standard InChI is InChI=1S/C32H18N8.CH4O/c1-2-10-18-17(9-1)25-33-26(18)38-28-21-13-5-6-14-22(21)30(35-28)40-32-24-16-8-7-15-23(24)31(36-32)39-29-20-12-4-3-11-19(20)27(34-29)37-25;1-2/h1-16H,(H2,33,34,35,36,37,38,39,40);2H,1H3. The maximum atomic E-state index is 7.00. The van der Waals surface area contributed by atoms with E-state index in [2.05, 4.69) is 9.97 Å². The van der Waals surface area contributed by atoms with E-state index in [-0.39, 0.29) is 0 Å². The number of H-pyrrole nitrogens is 2. The van der Waals surface area contributed by atoms with Crippen molar-refractivity contribution in [3.8, 4) is 45.6 Å². The van der Waals surface area contributed by atoms with Crippen molar-refractivity contribution in [1.29, 1.82) is 0 Å². The topological polar surface area (TPSA) is 129 Å². The second-order valence-electron chi connectivity index (χ2n) is 9.79. The highest BCUT2D eigenvalue weighted by atomic mass is 16.2. The summed E-state index contributed by atoms with van der Waals surface area (Å²) in [5.41, 5.74) is 6.45. The van der Waals surface area contributed by atoms with Gasteiger partial charge in [-0.05, 0) is 0 Å². The largest absolute Gasteiger partial charge is 0.400 e. The van der Waals surface area contributed by atoms with Crippen LogP contribution >= 0.6 is 0 Å². The van der Waals surface area contributed by atoms with Crippen LogP contribution in [0.4, 0.5) is 0 Å². The molecule has 8 bridgehead atoms. The van der Waals surface area contributed by atoms with Gasteiger partial charge in [-0.2, -0.15) is 0 Å². The molecular weight excluding hydrogens is 524 g/mol. The number of hydrogen-bond acceptors (Lipinski definition) is 7. The van der Waals surface area contributed by atoms with Gasteiger partial charge in [-0.1, -0.05) is 97.1 Å². The van der Waals surface area contributed by atoms with Crippen molar-refractivity contribution < 1.29 is 5.11 Å². The Labute approximate surface area is 238 Å². The minimum absolute atomic E-state index is 0.597. The summed E-state index contributed by atoms with van der Waals surface area (Å²) < 4.78 is 0. The maximum absolute atomic E-state index is 7.00. The lowest BCUT2D eigenvalue weighted by Crippen LogP contribution is -1.82. The molecule has 2 aliphatic heterocycles. The van der Waals surface area contributed by atoms with Gasteiger partial charge in [-0.25, -0.2) is 29.9 Å². The number of nitrogens with one attached hydrogen (secondary N) is 2. The number of benzene rings is 4. The Morgan fingerprint density at radius 3 is 0.857 bits per heavy atom. The number of aromatic amines is 2. The van der Waals surface area contributed by atoms with Crippen molar-refractivity contribution in [3.05, 3.63) is 97.1 Å². The molecule has 0 saturated carbocycles. The maximum Gasteiger partial charge on any atom is 0.164 e. The van der Waals surface area contributed by atoms with Crippen LogP contribution in [-0.4, -0.2) is 52.1 Å². The molecule has 9 rings (SSSR count).